The Kier molecular flexibility index (Phi) is 3.53. The molecule has 19 heavy (non-hydrogen) atoms. The lowest BCUT2D eigenvalue weighted by Crippen LogP contribution is -2.30. The predicted octanol–water partition coefficient (Wildman–Crippen LogP) is 1.70. The highest BCUT2D eigenvalue weighted by Crippen LogP contribution is 2.26. The van der Waals surface area contributed by atoms with Crippen LogP contribution in [0, 0.1) is 5.92 Å². The monoisotopic (exact) mass is 260 g/mol. The fourth-order valence-corrected chi connectivity index (χ4v) is 2.93. The lowest BCUT2D eigenvalue weighted by Gasteiger charge is -2.22. The Labute approximate surface area is 113 Å². The van der Waals surface area contributed by atoms with Gasteiger partial charge in [-0.25, -0.2) is 0 Å². The average molecular weight is 260 g/mol. The van der Waals surface area contributed by atoms with Gasteiger partial charge in [0.1, 0.15) is 0 Å². The molecule has 0 aromatic heterocycles. The number of carbonyl (C=O) groups is 1. The highest BCUT2D eigenvalue weighted by molar-refractivity contribution is 5.94. The normalized spacial score (nSPS) is 25.9. The summed E-state index contributed by atoms with van der Waals surface area (Å²) >= 11 is 0. The van der Waals surface area contributed by atoms with Crippen molar-refractivity contribution in [1.29, 1.82) is 0 Å². The summed E-state index contributed by atoms with van der Waals surface area (Å²) in [6.45, 7) is 4.51. The Morgan fingerprint density at radius 3 is 3.16 bits per heavy atom. The van der Waals surface area contributed by atoms with Gasteiger partial charge in [-0.3, -0.25) is 4.79 Å². The molecule has 0 bridgehead atoms. The average Bonchev–Trinajstić information content (AvgIpc) is 2.85. The van der Waals surface area contributed by atoms with E-state index in [4.69, 9.17) is 4.74 Å². The van der Waals surface area contributed by atoms with Crippen molar-refractivity contribution in [2.75, 3.05) is 18.5 Å². The van der Waals surface area contributed by atoms with E-state index in [1.54, 1.807) is 0 Å². The van der Waals surface area contributed by atoms with Gasteiger partial charge in [0.15, 0.2) is 0 Å². The molecule has 102 valence electrons. The molecule has 1 aromatic rings. The molecule has 0 saturated carbocycles. The second-order valence-electron chi connectivity index (χ2n) is 5.33. The molecule has 4 heteroatoms. The number of hydrogen-bond donors (Lipinski definition) is 2. The highest BCUT2D eigenvalue weighted by atomic mass is 16.5. The Bertz CT molecular complexity index is 487. The molecular formula is C15H20N2O2. The molecule has 1 saturated heterocycles. The summed E-state index contributed by atoms with van der Waals surface area (Å²) < 4.78 is 5.46. The molecule has 0 spiro atoms. The molecule has 2 heterocycles. The highest BCUT2D eigenvalue weighted by Gasteiger charge is 2.31. The van der Waals surface area contributed by atoms with E-state index in [1.807, 2.05) is 19.1 Å². The van der Waals surface area contributed by atoms with Crippen LogP contribution in [0.1, 0.15) is 24.5 Å². The number of benzene rings is 1. The van der Waals surface area contributed by atoms with Crippen molar-refractivity contribution < 1.29 is 9.53 Å². The van der Waals surface area contributed by atoms with Crippen molar-refractivity contribution in [2.24, 2.45) is 5.92 Å². The molecule has 0 aliphatic carbocycles. The van der Waals surface area contributed by atoms with E-state index in [2.05, 4.69) is 16.7 Å². The second kappa shape index (κ2) is 5.31. The minimum Gasteiger partial charge on any atom is -0.378 e. The molecule has 2 aliphatic rings. The zero-order valence-electron chi connectivity index (χ0n) is 11.2. The maximum atomic E-state index is 12.3. The van der Waals surface area contributed by atoms with Gasteiger partial charge in [-0.15, -0.1) is 0 Å². The van der Waals surface area contributed by atoms with Crippen molar-refractivity contribution in [1.82, 2.24) is 5.32 Å². The molecular weight excluding hydrogens is 240 g/mol. The van der Waals surface area contributed by atoms with Gasteiger partial charge >= 0.3 is 0 Å². The summed E-state index contributed by atoms with van der Waals surface area (Å²) in [5, 5.41) is 6.44. The van der Waals surface area contributed by atoms with Crippen LogP contribution in [-0.4, -0.2) is 25.2 Å². The van der Waals surface area contributed by atoms with E-state index in [0.29, 0.717) is 6.61 Å². The largest absolute Gasteiger partial charge is 0.378 e. The van der Waals surface area contributed by atoms with Gasteiger partial charge in [-0.05, 0) is 43.5 Å². The van der Waals surface area contributed by atoms with Crippen molar-refractivity contribution in [3.63, 3.8) is 0 Å². The van der Waals surface area contributed by atoms with Gasteiger partial charge in [-0.1, -0.05) is 12.1 Å². The first-order chi connectivity index (χ1) is 9.25. The molecule has 4 nitrogen and oxygen atoms in total. The molecule has 1 fully saturated rings. The Morgan fingerprint density at radius 2 is 2.37 bits per heavy atom. The molecule has 2 unspecified atom stereocenters. The Hall–Kier alpha value is -1.39. The number of carbonyl (C=O) groups excluding carboxylic acids is 1. The van der Waals surface area contributed by atoms with Gasteiger partial charge in [0.2, 0.25) is 5.91 Å². The van der Waals surface area contributed by atoms with E-state index >= 15 is 0 Å². The quantitative estimate of drug-likeness (QED) is 0.851. The summed E-state index contributed by atoms with van der Waals surface area (Å²) in [7, 11) is 0. The zero-order chi connectivity index (χ0) is 13.2. The van der Waals surface area contributed by atoms with Crippen LogP contribution in [-0.2, 0) is 22.5 Å². The smallest absolute Gasteiger partial charge is 0.230 e. The van der Waals surface area contributed by atoms with E-state index in [9.17, 15) is 4.79 Å². The third-order valence-corrected chi connectivity index (χ3v) is 4.12. The number of amides is 1. The van der Waals surface area contributed by atoms with E-state index in [-0.39, 0.29) is 17.9 Å². The van der Waals surface area contributed by atoms with Crippen molar-refractivity contribution in [3.05, 3.63) is 29.3 Å². The van der Waals surface area contributed by atoms with Crippen LogP contribution >= 0.6 is 0 Å². The summed E-state index contributed by atoms with van der Waals surface area (Å²) in [4.78, 5) is 12.3. The maximum absolute atomic E-state index is 12.3. The number of ether oxygens (including phenoxy) is 1. The van der Waals surface area contributed by atoms with Crippen LogP contribution in [0.3, 0.4) is 0 Å². The van der Waals surface area contributed by atoms with Gasteiger partial charge in [-0.2, -0.15) is 0 Å². The van der Waals surface area contributed by atoms with Crippen LogP contribution in [0.25, 0.3) is 0 Å². The van der Waals surface area contributed by atoms with Crippen molar-refractivity contribution >= 4 is 11.6 Å². The number of hydrogen-bond acceptors (Lipinski definition) is 3. The molecule has 1 aromatic carbocycles. The minimum absolute atomic E-state index is 0.0209. The van der Waals surface area contributed by atoms with Gasteiger partial charge in [0.25, 0.3) is 0 Å². The van der Waals surface area contributed by atoms with Crippen molar-refractivity contribution in [2.45, 2.75) is 32.4 Å². The Balaban J connectivity index is 1.78. The van der Waals surface area contributed by atoms with Crippen LogP contribution in [0.2, 0.25) is 0 Å². The molecule has 2 aliphatic heterocycles. The first kappa shape index (κ1) is 12.6. The maximum Gasteiger partial charge on any atom is 0.230 e. The molecule has 0 radical (unpaired) electrons. The first-order valence-corrected chi connectivity index (χ1v) is 6.99. The molecule has 2 atom stereocenters. The van der Waals surface area contributed by atoms with Gasteiger partial charge < -0.3 is 15.4 Å². The second-order valence-corrected chi connectivity index (χ2v) is 5.33. The third-order valence-electron chi connectivity index (χ3n) is 4.12. The number of anilines is 1. The summed E-state index contributed by atoms with van der Waals surface area (Å²) in [5.41, 5.74) is 3.52. The lowest BCUT2D eigenvalue weighted by molar-refractivity contribution is -0.121. The number of fused-ring (bicyclic) bond motifs is 1. The van der Waals surface area contributed by atoms with E-state index in [0.717, 1.165) is 31.6 Å². The summed E-state index contributed by atoms with van der Waals surface area (Å²) in [6.07, 6.45) is 1.88. The lowest BCUT2D eigenvalue weighted by atomic mass is 9.98. The molecule has 1 amide bonds. The fourth-order valence-electron chi connectivity index (χ4n) is 2.93. The van der Waals surface area contributed by atoms with Crippen LogP contribution < -0.4 is 10.6 Å². The van der Waals surface area contributed by atoms with E-state index < -0.39 is 0 Å². The van der Waals surface area contributed by atoms with Crippen LogP contribution in [0.15, 0.2) is 18.2 Å². The topological polar surface area (TPSA) is 50.4 Å². The predicted molar refractivity (Wildman–Crippen MR) is 74.0 cm³/mol. The summed E-state index contributed by atoms with van der Waals surface area (Å²) in [6, 6.07) is 6.16. The Morgan fingerprint density at radius 1 is 1.47 bits per heavy atom. The molecule has 3 rings (SSSR count). The third kappa shape index (κ3) is 2.51. The number of rotatable bonds is 2. The van der Waals surface area contributed by atoms with Crippen molar-refractivity contribution in [3.8, 4) is 0 Å². The van der Waals surface area contributed by atoms with Gasteiger partial charge in [0, 0.05) is 18.8 Å². The van der Waals surface area contributed by atoms with E-state index in [1.165, 1.54) is 11.1 Å². The van der Waals surface area contributed by atoms with Gasteiger partial charge in [0.05, 0.1) is 12.0 Å². The zero-order valence-corrected chi connectivity index (χ0v) is 11.2. The SMILES string of the molecule is CC1OCCC1C(=O)Nc1cccc2c1CNCC2. The number of nitrogens with one attached hydrogen (secondary N) is 2. The minimum atomic E-state index is -0.0209. The fraction of sp³-hybridized carbons (Fsp3) is 0.533. The summed E-state index contributed by atoms with van der Waals surface area (Å²) in [5.74, 6) is 0.0661. The van der Waals surface area contributed by atoms with Crippen LogP contribution in [0.5, 0.6) is 0 Å². The first-order valence-electron chi connectivity index (χ1n) is 6.99. The molecule has 2 N–H and O–H groups in total. The van der Waals surface area contributed by atoms with Crippen LogP contribution in [0.4, 0.5) is 5.69 Å². The standard InChI is InChI=1S/C15H20N2O2/c1-10-12(6-8-19-10)15(18)17-14-4-2-3-11-5-7-16-9-13(11)14/h2-4,10,12,16H,5-9H2,1H3,(H,17,18).